The summed E-state index contributed by atoms with van der Waals surface area (Å²) in [5.41, 5.74) is -0.654. The summed E-state index contributed by atoms with van der Waals surface area (Å²) in [5, 5.41) is 10.7. The fourth-order valence-corrected chi connectivity index (χ4v) is 0.979. The molecule has 0 spiro atoms. The molecule has 106 valence electrons. The largest absolute Gasteiger partial charge is 0.444 e. The first kappa shape index (κ1) is 16.7. The summed E-state index contributed by atoms with van der Waals surface area (Å²) >= 11 is 0. The molecule has 0 aliphatic rings. The van der Waals surface area contributed by atoms with Crippen LogP contribution in [-0.2, 0) is 14.4 Å². The summed E-state index contributed by atoms with van der Waals surface area (Å²) in [7, 11) is 4.11. The van der Waals surface area contributed by atoms with Gasteiger partial charge in [0.15, 0.2) is 0 Å². The SMILES string of the molecule is CON(C)C(=O)CC(O)N(C)C(=O)OC(C)(C)C. The molecule has 0 aromatic carbocycles. The molecule has 0 rings (SSSR count). The van der Waals surface area contributed by atoms with Gasteiger partial charge >= 0.3 is 6.09 Å². The monoisotopic (exact) mass is 262 g/mol. The average molecular weight is 262 g/mol. The Labute approximate surface area is 107 Å². The predicted molar refractivity (Wildman–Crippen MR) is 64.4 cm³/mol. The van der Waals surface area contributed by atoms with E-state index >= 15 is 0 Å². The average Bonchev–Trinajstić information content (AvgIpc) is 2.24. The summed E-state index contributed by atoms with van der Waals surface area (Å²) in [6.07, 6.45) is -2.21. The molecule has 2 amide bonds. The van der Waals surface area contributed by atoms with Crippen molar-refractivity contribution in [2.45, 2.75) is 39.0 Å². The normalized spacial score (nSPS) is 12.8. The van der Waals surface area contributed by atoms with Gasteiger partial charge < -0.3 is 9.84 Å². The lowest BCUT2D eigenvalue weighted by molar-refractivity contribution is -0.172. The Morgan fingerprint density at radius 1 is 1.28 bits per heavy atom. The summed E-state index contributed by atoms with van der Waals surface area (Å²) in [6, 6.07) is 0. The van der Waals surface area contributed by atoms with Crippen LogP contribution in [0.15, 0.2) is 0 Å². The summed E-state index contributed by atoms with van der Waals surface area (Å²) in [4.78, 5) is 28.7. The highest BCUT2D eigenvalue weighted by molar-refractivity contribution is 5.76. The Morgan fingerprint density at radius 3 is 2.17 bits per heavy atom. The van der Waals surface area contributed by atoms with Crippen molar-refractivity contribution in [2.75, 3.05) is 21.2 Å². The minimum Gasteiger partial charge on any atom is -0.444 e. The van der Waals surface area contributed by atoms with E-state index in [0.29, 0.717) is 0 Å². The van der Waals surface area contributed by atoms with Gasteiger partial charge in [-0.05, 0) is 20.8 Å². The molecule has 0 aromatic rings. The number of amides is 2. The minimum absolute atomic E-state index is 0.264. The maximum absolute atomic E-state index is 11.6. The molecule has 7 heteroatoms. The van der Waals surface area contributed by atoms with Crippen LogP contribution in [0.4, 0.5) is 4.79 Å². The van der Waals surface area contributed by atoms with Crippen LogP contribution in [-0.4, -0.2) is 60.1 Å². The summed E-state index contributed by atoms with van der Waals surface area (Å²) in [6.45, 7) is 5.15. The van der Waals surface area contributed by atoms with E-state index in [9.17, 15) is 14.7 Å². The number of carbonyl (C=O) groups excluding carboxylic acids is 2. The van der Waals surface area contributed by atoms with Gasteiger partial charge in [0.1, 0.15) is 11.8 Å². The third-order valence-electron chi connectivity index (χ3n) is 2.11. The van der Waals surface area contributed by atoms with E-state index in [1.165, 1.54) is 21.2 Å². The van der Waals surface area contributed by atoms with Crippen molar-refractivity contribution in [3.63, 3.8) is 0 Å². The molecule has 1 atom stereocenters. The molecular weight excluding hydrogens is 240 g/mol. The second-order valence-electron chi connectivity index (χ2n) is 4.85. The molecule has 18 heavy (non-hydrogen) atoms. The Kier molecular flexibility index (Phi) is 6.07. The van der Waals surface area contributed by atoms with Gasteiger partial charge in [-0.1, -0.05) is 0 Å². The maximum atomic E-state index is 11.6. The first-order chi connectivity index (χ1) is 8.08. The number of aliphatic hydroxyl groups is 1. The van der Waals surface area contributed by atoms with E-state index < -0.39 is 23.8 Å². The van der Waals surface area contributed by atoms with E-state index in [4.69, 9.17) is 4.74 Å². The molecule has 0 radical (unpaired) electrons. The zero-order chi connectivity index (χ0) is 14.5. The number of aliphatic hydroxyl groups excluding tert-OH is 1. The lowest BCUT2D eigenvalue weighted by Crippen LogP contribution is -2.43. The lowest BCUT2D eigenvalue weighted by atomic mass is 10.2. The van der Waals surface area contributed by atoms with Crippen LogP contribution in [0.1, 0.15) is 27.2 Å². The van der Waals surface area contributed by atoms with Crippen LogP contribution < -0.4 is 0 Å². The number of rotatable bonds is 4. The fourth-order valence-electron chi connectivity index (χ4n) is 0.979. The van der Waals surface area contributed by atoms with Crippen LogP contribution in [0.5, 0.6) is 0 Å². The maximum Gasteiger partial charge on any atom is 0.412 e. The number of hydrogen-bond donors (Lipinski definition) is 1. The van der Waals surface area contributed by atoms with Gasteiger partial charge in [-0.15, -0.1) is 0 Å². The lowest BCUT2D eigenvalue weighted by Gasteiger charge is -2.28. The van der Waals surface area contributed by atoms with Gasteiger partial charge in [0, 0.05) is 14.1 Å². The van der Waals surface area contributed by atoms with E-state index in [1.807, 2.05) is 0 Å². The van der Waals surface area contributed by atoms with Gasteiger partial charge in [0.05, 0.1) is 13.5 Å². The van der Waals surface area contributed by atoms with E-state index in [2.05, 4.69) is 4.84 Å². The zero-order valence-corrected chi connectivity index (χ0v) is 11.8. The van der Waals surface area contributed by atoms with Crippen molar-refractivity contribution in [3.05, 3.63) is 0 Å². The topological polar surface area (TPSA) is 79.3 Å². The van der Waals surface area contributed by atoms with Crippen LogP contribution >= 0.6 is 0 Å². The number of hydroxylamine groups is 2. The first-order valence-electron chi connectivity index (χ1n) is 5.53. The van der Waals surface area contributed by atoms with Crippen LogP contribution in [0.3, 0.4) is 0 Å². The van der Waals surface area contributed by atoms with Crippen LogP contribution in [0.25, 0.3) is 0 Å². The van der Waals surface area contributed by atoms with Gasteiger partial charge in [-0.2, -0.15) is 0 Å². The van der Waals surface area contributed by atoms with E-state index in [-0.39, 0.29) is 6.42 Å². The van der Waals surface area contributed by atoms with Gasteiger partial charge in [-0.25, -0.2) is 9.86 Å². The Balaban J connectivity index is 4.38. The second kappa shape index (κ2) is 6.55. The molecule has 0 saturated heterocycles. The summed E-state index contributed by atoms with van der Waals surface area (Å²) in [5.74, 6) is -0.444. The number of ether oxygens (including phenoxy) is 1. The van der Waals surface area contributed by atoms with Gasteiger partial charge in [-0.3, -0.25) is 14.5 Å². The van der Waals surface area contributed by atoms with Crippen molar-refractivity contribution in [2.24, 2.45) is 0 Å². The third-order valence-corrected chi connectivity index (χ3v) is 2.11. The zero-order valence-electron chi connectivity index (χ0n) is 11.8. The van der Waals surface area contributed by atoms with E-state index in [0.717, 1.165) is 9.96 Å². The molecule has 7 nitrogen and oxygen atoms in total. The predicted octanol–water partition coefficient (Wildman–Crippen LogP) is 0.582. The van der Waals surface area contributed by atoms with Crippen molar-refractivity contribution in [3.8, 4) is 0 Å². The molecule has 0 fully saturated rings. The third kappa shape index (κ3) is 5.83. The molecule has 0 aliphatic heterocycles. The highest BCUT2D eigenvalue weighted by Crippen LogP contribution is 2.11. The molecule has 0 bridgehead atoms. The molecule has 0 heterocycles. The molecule has 0 aliphatic carbocycles. The van der Waals surface area contributed by atoms with Crippen molar-refractivity contribution >= 4 is 12.0 Å². The molecule has 0 saturated carbocycles. The number of nitrogens with zero attached hydrogens (tertiary/aromatic N) is 2. The molecular formula is C11H22N2O5. The number of hydrogen-bond acceptors (Lipinski definition) is 5. The highest BCUT2D eigenvalue weighted by atomic mass is 16.7. The Hall–Kier alpha value is -1.34. The molecule has 1 unspecified atom stereocenters. The summed E-state index contributed by atoms with van der Waals surface area (Å²) < 4.78 is 5.06. The smallest absolute Gasteiger partial charge is 0.412 e. The first-order valence-corrected chi connectivity index (χ1v) is 5.53. The van der Waals surface area contributed by atoms with Crippen LogP contribution in [0, 0.1) is 0 Å². The van der Waals surface area contributed by atoms with Gasteiger partial charge in [0.25, 0.3) is 0 Å². The van der Waals surface area contributed by atoms with Crippen molar-refractivity contribution in [1.82, 2.24) is 9.96 Å². The highest BCUT2D eigenvalue weighted by Gasteiger charge is 2.26. The van der Waals surface area contributed by atoms with Crippen LogP contribution in [0.2, 0.25) is 0 Å². The standard InChI is InChI=1S/C11H22N2O5/c1-11(2,3)18-10(16)12(4)8(14)7-9(15)13(5)17-6/h8,14H,7H2,1-6H3. The van der Waals surface area contributed by atoms with Crippen molar-refractivity contribution in [1.29, 1.82) is 0 Å². The molecule has 0 aromatic heterocycles. The van der Waals surface area contributed by atoms with Gasteiger partial charge in [0.2, 0.25) is 5.91 Å². The van der Waals surface area contributed by atoms with Crippen molar-refractivity contribution < 1.29 is 24.3 Å². The quantitative estimate of drug-likeness (QED) is 0.592. The van der Waals surface area contributed by atoms with E-state index in [1.54, 1.807) is 20.8 Å². The number of carbonyl (C=O) groups is 2. The second-order valence-corrected chi connectivity index (χ2v) is 4.85. The fraction of sp³-hybridized carbons (Fsp3) is 0.818. The Bertz CT molecular complexity index is 300. The molecule has 1 N–H and O–H groups in total. The Morgan fingerprint density at radius 2 is 1.78 bits per heavy atom. The minimum atomic E-state index is -1.26.